The van der Waals surface area contributed by atoms with Gasteiger partial charge in [-0.25, -0.2) is 0 Å². The summed E-state index contributed by atoms with van der Waals surface area (Å²) in [6.07, 6.45) is 18.1. The van der Waals surface area contributed by atoms with Crippen LogP contribution in [0.1, 0.15) is 98.3 Å². The molecule has 3 aliphatic carbocycles. The normalized spacial score (nSPS) is 31.5. The summed E-state index contributed by atoms with van der Waals surface area (Å²) in [5, 5.41) is 20.4. The van der Waals surface area contributed by atoms with E-state index in [2.05, 4.69) is 44.7 Å². The molecule has 248 valence electrons. The molecule has 0 heterocycles. The molecule has 3 aliphatic rings. The molecule has 0 saturated heterocycles. The van der Waals surface area contributed by atoms with Crippen LogP contribution in [0.25, 0.3) is 0 Å². The van der Waals surface area contributed by atoms with E-state index in [-0.39, 0.29) is 5.41 Å². The van der Waals surface area contributed by atoms with Gasteiger partial charge in [-0.05, 0) is 118 Å². The van der Waals surface area contributed by atoms with Crippen LogP contribution in [-0.2, 0) is 27.2 Å². The number of rotatable bonds is 18. The zero-order valence-electron chi connectivity index (χ0n) is 27.3. The van der Waals surface area contributed by atoms with E-state index in [9.17, 15) is 19.3 Å². The Morgan fingerprint density at radius 3 is 2.23 bits per heavy atom. The maximum atomic E-state index is 11.7. The van der Waals surface area contributed by atoms with Crippen LogP contribution in [0.2, 0.25) is 0 Å². The number of aliphatic hydroxyl groups excluding tert-OH is 2. The predicted octanol–water partition coefficient (Wildman–Crippen LogP) is 8.92. The van der Waals surface area contributed by atoms with E-state index in [1.165, 1.54) is 31.3 Å². The monoisotopic (exact) mass is 654 g/mol. The minimum absolute atomic E-state index is 0.237. The third-order valence-electron chi connectivity index (χ3n) is 9.92. The van der Waals surface area contributed by atoms with Gasteiger partial charge in [0.1, 0.15) is 26.4 Å². The summed E-state index contributed by atoms with van der Waals surface area (Å²) in [6.45, 7) is 14.0. The van der Waals surface area contributed by atoms with Crippen LogP contribution in [0.3, 0.4) is 0 Å². The molecule has 0 aromatic heterocycles. The Balaban J connectivity index is 1.63. The number of allylic oxidation sites excluding steroid dienone is 5. The van der Waals surface area contributed by atoms with Gasteiger partial charge in [-0.2, -0.15) is 0 Å². The molecule has 8 atom stereocenters. The van der Waals surface area contributed by atoms with Crippen molar-refractivity contribution in [2.45, 2.75) is 111 Å². The molecule has 3 fully saturated rings. The zero-order valence-corrected chi connectivity index (χ0v) is 29.1. The molecule has 10 heteroatoms. The van der Waals surface area contributed by atoms with Gasteiger partial charge in [0.2, 0.25) is 0 Å². The van der Waals surface area contributed by atoms with E-state index in [1.807, 2.05) is 0 Å². The largest absolute Gasteiger partial charge is 0.697 e. The highest BCUT2D eigenvalue weighted by molar-refractivity contribution is 7.33. The Kier molecular flexibility index (Phi) is 16.1. The van der Waals surface area contributed by atoms with Crippen molar-refractivity contribution < 1.29 is 37.4 Å². The first-order valence-electron chi connectivity index (χ1n) is 16.7. The van der Waals surface area contributed by atoms with Gasteiger partial charge in [0.15, 0.2) is 0 Å². The molecule has 0 aromatic rings. The van der Waals surface area contributed by atoms with E-state index in [4.69, 9.17) is 18.1 Å². The summed E-state index contributed by atoms with van der Waals surface area (Å²) in [4.78, 5) is 0. The fraction of sp³-hybridized carbons (Fsp3) is 0.765. The zero-order chi connectivity index (χ0) is 32.1. The molecule has 0 aromatic carbocycles. The van der Waals surface area contributed by atoms with E-state index >= 15 is 0 Å². The van der Waals surface area contributed by atoms with Gasteiger partial charge in [0.05, 0.1) is 12.2 Å². The van der Waals surface area contributed by atoms with E-state index in [1.54, 1.807) is 13.8 Å². The highest BCUT2D eigenvalue weighted by Gasteiger charge is 2.50. The molecule has 0 aliphatic heterocycles. The second kappa shape index (κ2) is 18.9. The second-order valence-corrected chi connectivity index (χ2v) is 14.8. The Labute approximate surface area is 267 Å². The lowest BCUT2D eigenvalue weighted by Gasteiger charge is -2.44. The summed E-state index contributed by atoms with van der Waals surface area (Å²) in [5.41, 5.74) is 3.45. The van der Waals surface area contributed by atoms with Gasteiger partial charge in [-0.1, -0.05) is 50.3 Å². The molecule has 2 N–H and O–H groups in total. The van der Waals surface area contributed by atoms with Crippen LogP contribution >= 0.6 is 16.5 Å². The highest BCUT2D eigenvalue weighted by Crippen LogP contribution is 2.59. The minimum atomic E-state index is -2.06. The Hall–Kier alpha value is -1.08. The lowest BCUT2D eigenvalue weighted by atomic mass is 9.61. The molecule has 0 radical (unpaired) electrons. The summed E-state index contributed by atoms with van der Waals surface area (Å²) in [7, 11) is -4.12. The molecular formula is C34H56O8P2+2. The van der Waals surface area contributed by atoms with Crippen LogP contribution in [0.4, 0.5) is 0 Å². The third kappa shape index (κ3) is 11.0. The first-order chi connectivity index (χ1) is 21.1. The SMILES string of the molecule is C=C1C(=CC=C2CCC[C@@]3(C)C2CC[C@@H]3[C@H](C)C=CC(CCCO[P+](=O)OCC)CCCO[P+](=O)OCC)CC(O)CC1O. The van der Waals surface area contributed by atoms with Crippen LogP contribution in [0.15, 0.2) is 47.6 Å². The van der Waals surface area contributed by atoms with Crippen molar-refractivity contribution in [3.63, 3.8) is 0 Å². The Bertz CT molecular complexity index is 1030. The molecule has 0 spiro atoms. The van der Waals surface area contributed by atoms with Gasteiger partial charge in [0.25, 0.3) is 0 Å². The summed E-state index contributed by atoms with van der Waals surface area (Å²) in [6, 6.07) is 0. The van der Waals surface area contributed by atoms with Crippen molar-refractivity contribution >= 4 is 16.5 Å². The molecule has 44 heavy (non-hydrogen) atoms. The maximum absolute atomic E-state index is 11.7. The first-order valence-corrected chi connectivity index (χ1v) is 18.9. The third-order valence-corrected chi connectivity index (χ3v) is 11.6. The van der Waals surface area contributed by atoms with Gasteiger partial charge < -0.3 is 10.2 Å². The maximum Gasteiger partial charge on any atom is 0.697 e. The van der Waals surface area contributed by atoms with Crippen LogP contribution in [0, 0.1) is 29.1 Å². The minimum Gasteiger partial charge on any atom is -0.393 e. The molecule has 5 unspecified atom stereocenters. The average molecular weight is 655 g/mol. The quantitative estimate of drug-likeness (QED) is 0.0856. The molecule has 3 rings (SSSR count). The Morgan fingerprint density at radius 1 is 0.977 bits per heavy atom. The topological polar surface area (TPSA) is 112 Å². The van der Waals surface area contributed by atoms with Crippen LogP contribution in [0.5, 0.6) is 0 Å². The Morgan fingerprint density at radius 2 is 1.61 bits per heavy atom. The van der Waals surface area contributed by atoms with Crippen LogP contribution < -0.4 is 0 Å². The number of fused-ring (bicyclic) bond motifs is 1. The van der Waals surface area contributed by atoms with E-state index in [0.29, 0.717) is 62.9 Å². The first kappa shape index (κ1) is 37.4. The van der Waals surface area contributed by atoms with Gasteiger partial charge >= 0.3 is 16.5 Å². The van der Waals surface area contributed by atoms with Crippen molar-refractivity contribution in [2.24, 2.45) is 29.1 Å². The van der Waals surface area contributed by atoms with E-state index in [0.717, 1.165) is 43.3 Å². The lowest BCUT2D eigenvalue weighted by molar-refractivity contribution is 0.0862. The number of aliphatic hydroxyl groups is 2. The fourth-order valence-electron chi connectivity index (χ4n) is 7.67. The number of hydrogen-bond donors (Lipinski definition) is 2. The number of hydrogen-bond acceptors (Lipinski definition) is 8. The molecule has 0 bridgehead atoms. The summed E-state index contributed by atoms with van der Waals surface area (Å²) < 4.78 is 44.1. The van der Waals surface area contributed by atoms with Crippen molar-refractivity contribution in [1.82, 2.24) is 0 Å². The van der Waals surface area contributed by atoms with E-state index < -0.39 is 28.7 Å². The molecular weight excluding hydrogens is 598 g/mol. The smallest absolute Gasteiger partial charge is 0.393 e. The van der Waals surface area contributed by atoms with Crippen molar-refractivity contribution in [3.8, 4) is 0 Å². The fourth-order valence-corrected chi connectivity index (χ4v) is 8.79. The van der Waals surface area contributed by atoms with Gasteiger partial charge in [-0.15, -0.1) is 18.1 Å². The molecule has 3 saturated carbocycles. The summed E-state index contributed by atoms with van der Waals surface area (Å²) in [5.74, 6) is 1.88. The summed E-state index contributed by atoms with van der Waals surface area (Å²) >= 11 is 0. The van der Waals surface area contributed by atoms with Crippen LogP contribution in [-0.4, -0.2) is 48.8 Å². The lowest BCUT2D eigenvalue weighted by Crippen LogP contribution is -2.35. The average Bonchev–Trinajstić information content (AvgIpc) is 3.34. The molecule has 0 amide bonds. The van der Waals surface area contributed by atoms with Crippen molar-refractivity contribution in [2.75, 3.05) is 26.4 Å². The van der Waals surface area contributed by atoms with Crippen molar-refractivity contribution in [1.29, 1.82) is 0 Å². The standard InChI is InChI=1S/C34H56O8P2/c1-6-39-43(37)41-21-9-11-27(12-10-22-42-44(38)40-7-2)15-14-25(3)31-18-19-32-28(13-8-20-34(31,32)5)16-17-29-23-30(35)24-33(36)26(29)4/h14-17,25,27,30-33,35-36H,4,6-13,18-24H2,1-3,5H3/q+2/t25-,30?,31-,32?,33?,34-/m1/s1. The second-order valence-electron chi connectivity index (χ2n) is 12.9. The van der Waals surface area contributed by atoms with Crippen molar-refractivity contribution in [3.05, 3.63) is 47.6 Å². The highest BCUT2D eigenvalue weighted by atomic mass is 31.1. The van der Waals surface area contributed by atoms with Gasteiger partial charge in [-0.3, -0.25) is 0 Å². The molecule has 8 nitrogen and oxygen atoms in total. The van der Waals surface area contributed by atoms with Gasteiger partial charge in [0, 0.05) is 15.6 Å². The predicted molar refractivity (Wildman–Crippen MR) is 175 cm³/mol.